The van der Waals surface area contributed by atoms with E-state index in [1.807, 2.05) is 26.8 Å². The number of hydrogen-bond donors (Lipinski definition) is 0. The zero-order chi connectivity index (χ0) is 29.1. The Bertz CT molecular complexity index is 1410. The zero-order valence-corrected chi connectivity index (χ0v) is 25.4. The van der Waals surface area contributed by atoms with Crippen molar-refractivity contribution < 1.29 is 23.8 Å². The van der Waals surface area contributed by atoms with Crippen molar-refractivity contribution in [3.63, 3.8) is 0 Å². The van der Waals surface area contributed by atoms with Crippen molar-refractivity contribution in [2.45, 2.75) is 59.2 Å². The highest BCUT2D eigenvalue weighted by Gasteiger charge is 2.31. The predicted octanol–water partition coefficient (Wildman–Crippen LogP) is 6.03. The second kappa shape index (κ2) is 12.1. The normalized spacial score (nSPS) is 17.1. The van der Waals surface area contributed by atoms with Crippen LogP contribution in [-0.2, 0) is 33.7 Å². The molecule has 1 amide bonds. The fraction of sp³-hybridized carbons (Fsp3) is 0.469. The van der Waals surface area contributed by atoms with E-state index in [0.29, 0.717) is 26.2 Å². The minimum atomic E-state index is -0.503. The lowest BCUT2D eigenvalue weighted by Crippen LogP contribution is -2.38. The monoisotopic (exact) mass is 577 g/mol. The molecule has 41 heavy (non-hydrogen) atoms. The summed E-state index contributed by atoms with van der Waals surface area (Å²) in [4.78, 5) is 33.5. The minimum Gasteiger partial charge on any atom is -0.488 e. The molecule has 0 bridgehead atoms. The van der Waals surface area contributed by atoms with Gasteiger partial charge in [0.25, 0.3) is 0 Å². The molecule has 1 unspecified atom stereocenters. The molecular weight excluding hydrogens is 538 g/mol. The van der Waals surface area contributed by atoms with Gasteiger partial charge in [-0.3, -0.25) is 4.79 Å². The number of nitrogens with zero attached hydrogens (tertiary/aromatic N) is 3. The van der Waals surface area contributed by atoms with Crippen molar-refractivity contribution in [2.24, 2.45) is 5.92 Å². The Balaban J connectivity index is 1.26. The zero-order valence-electron chi connectivity index (χ0n) is 24.6. The van der Waals surface area contributed by atoms with Gasteiger partial charge in [0, 0.05) is 37.1 Å². The first kappa shape index (κ1) is 28.9. The van der Waals surface area contributed by atoms with Crippen molar-refractivity contribution in [3.8, 4) is 17.0 Å². The van der Waals surface area contributed by atoms with Crippen LogP contribution < -0.4 is 9.64 Å². The summed E-state index contributed by atoms with van der Waals surface area (Å²) in [5, 5.41) is 2.96. The van der Waals surface area contributed by atoms with Crippen LogP contribution in [0.4, 0.5) is 9.93 Å². The molecule has 3 heterocycles. The fourth-order valence-electron chi connectivity index (χ4n) is 5.33. The van der Waals surface area contributed by atoms with E-state index in [1.165, 1.54) is 18.2 Å². The highest BCUT2D eigenvalue weighted by molar-refractivity contribution is 7.14. The second-order valence-corrected chi connectivity index (χ2v) is 12.7. The average Bonchev–Trinajstić information content (AvgIpc) is 3.57. The smallest absolute Gasteiger partial charge is 0.410 e. The maximum Gasteiger partial charge on any atom is 0.410 e. The molecular formula is C32H39N3O5S. The highest BCUT2D eigenvalue weighted by Crippen LogP contribution is 2.36. The van der Waals surface area contributed by atoms with Gasteiger partial charge < -0.3 is 24.0 Å². The lowest BCUT2D eigenvalue weighted by Gasteiger charge is -2.26. The van der Waals surface area contributed by atoms with Gasteiger partial charge in [-0.05, 0) is 75.8 Å². The molecule has 1 saturated heterocycles. The summed E-state index contributed by atoms with van der Waals surface area (Å²) in [6.07, 6.45) is 2.12. The number of amides is 1. The first-order chi connectivity index (χ1) is 19.6. The molecule has 5 rings (SSSR count). The third kappa shape index (κ3) is 7.01. The summed E-state index contributed by atoms with van der Waals surface area (Å²) in [5.74, 6) is 0.524. The molecule has 218 valence electrons. The summed E-state index contributed by atoms with van der Waals surface area (Å²) in [6, 6.07) is 12.6. The molecule has 0 N–H and O–H groups in total. The van der Waals surface area contributed by atoms with E-state index in [0.717, 1.165) is 59.1 Å². The van der Waals surface area contributed by atoms with Gasteiger partial charge >= 0.3 is 12.1 Å². The number of methoxy groups -OCH3 is 1. The second-order valence-electron chi connectivity index (χ2n) is 11.8. The van der Waals surface area contributed by atoms with E-state index in [2.05, 4.69) is 47.5 Å². The number of carbonyl (C=O) groups excluding carboxylic acids is 2. The van der Waals surface area contributed by atoms with E-state index >= 15 is 0 Å². The van der Waals surface area contributed by atoms with Gasteiger partial charge in [-0.2, -0.15) is 0 Å². The molecule has 1 atom stereocenters. The number of anilines is 1. The molecule has 2 aliphatic heterocycles. The van der Waals surface area contributed by atoms with Gasteiger partial charge in [-0.1, -0.05) is 29.8 Å². The highest BCUT2D eigenvalue weighted by atomic mass is 32.1. The number of thiazole rings is 1. The maximum atomic E-state index is 12.6. The minimum absolute atomic E-state index is 0.105. The Hall–Kier alpha value is -3.59. The molecule has 0 spiro atoms. The number of carbonyl (C=O) groups is 2. The van der Waals surface area contributed by atoms with E-state index in [4.69, 9.17) is 19.2 Å². The van der Waals surface area contributed by atoms with E-state index < -0.39 is 5.60 Å². The molecule has 2 aromatic carbocycles. The van der Waals surface area contributed by atoms with Crippen LogP contribution in [0, 0.1) is 12.8 Å². The first-order valence-electron chi connectivity index (χ1n) is 14.2. The van der Waals surface area contributed by atoms with Gasteiger partial charge in [0.15, 0.2) is 5.13 Å². The van der Waals surface area contributed by atoms with Crippen LogP contribution in [0.25, 0.3) is 11.3 Å². The van der Waals surface area contributed by atoms with E-state index in [9.17, 15) is 9.59 Å². The third-order valence-electron chi connectivity index (χ3n) is 7.52. The van der Waals surface area contributed by atoms with Gasteiger partial charge in [-0.25, -0.2) is 9.78 Å². The summed E-state index contributed by atoms with van der Waals surface area (Å²) >= 11 is 1.58. The quantitative estimate of drug-likeness (QED) is 0.331. The van der Waals surface area contributed by atoms with Crippen LogP contribution in [0.5, 0.6) is 5.75 Å². The van der Waals surface area contributed by atoms with Gasteiger partial charge in [0.1, 0.15) is 18.0 Å². The number of esters is 1. The van der Waals surface area contributed by atoms with Crippen LogP contribution in [0.3, 0.4) is 0 Å². The fourth-order valence-corrected chi connectivity index (χ4v) is 6.20. The summed E-state index contributed by atoms with van der Waals surface area (Å²) in [6.45, 7) is 10.9. The lowest BCUT2D eigenvalue weighted by atomic mass is 10.0. The van der Waals surface area contributed by atoms with Crippen molar-refractivity contribution in [1.29, 1.82) is 0 Å². The SMILES string of the molecule is COC(=O)C1CCN(c2nc(-c3cc(C)ccc3OCc3ccc4c(c3)CCN(C(=O)OC(C)(C)C)CC4)cs2)C1. The average molecular weight is 578 g/mol. The van der Waals surface area contributed by atoms with Gasteiger partial charge in [-0.15, -0.1) is 11.3 Å². The Morgan fingerprint density at radius 3 is 2.59 bits per heavy atom. The summed E-state index contributed by atoms with van der Waals surface area (Å²) in [7, 11) is 1.44. The first-order valence-corrected chi connectivity index (χ1v) is 15.1. The number of rotatable bonds is 6. The molecule has 9 heteroatoms. The van der Waals surface area contributed by atoms with Crippen molar-refractivity contribution in [1.82, 2.24) is 9.88 Å². The molecule has 2 aliphatic rings. The predicted molar refractivity (Wildman–Crippen MR) is 161 cm³/mol. The molecule has 0 saturated carbocycles. The summed E-state index contributed by atoms with van der Waals surface area (Å²) in [5.41, 5.74) is 6.06. The molecule has 1 fully saturated rings. The van der Waals surface area contributed by atoms with Gasteiger partial charge in [0.2, 0.25) is 0 Å². The summed E-state index contributed by atoms with van der Waals surface area (Å²) < 4.78 is 16.9. The van der Waals surface area contributed by atoms with Crippen LogP contribution in [0.1, 0.15) is 49.4 Å². The number of benzene rings is 2. The Morgan fingerprint density at radius 1 is 1.05 bits per heavy atom. The molecule has 8 nitrogen and oxygen atoms in total. The topological polar surface area (TPSA) is 81.2 Å². The van der Waals surface area contributed by atoms with Crippen molar-refractivity contribution in [3.05, 3.63) is 64.0 Å². The van der Waals surface area contributed by atoms with E-state index in [-0.39, 0.29) is 18.0 Å². The van der Waals surface area contributed by atoms with Gasteiger partial charge in [0.05, 0.1) is 18.7 Å². The van der Waals surface area contributed by atoms with Crippen LogP contribution >= 0.6 is 11.3 Å². The number of aryl methyl sites for hydroxylation is 1. The number of aromatic nitrogens is 1. The Kier molecular flexibility index (Phi) is 8.54. The van der Waals surface area contributed by atoms with Crippen LogP contribution in [0.2, 0.25) is 0 Å². The molecule has 0 aliphatic carbocycles. The van der Waals surface area contributed by atoms with Crippen LogP contribution in [0.15, 0.2) is 41.8 Å². The largest absolute Gasteiger partial charge is 0.488 e. The number of fused-ring (bicyclic) bond motifs is 1. The van der Waals surface area contributed by atoms with E-state index in [1.54, 1.807) is 16.2 Å². The Labute approximate surface area is 246 Å². The van der Waals surface area contributed by atoms with Crippen molar-refractivity contribution in [2.75, 3.05) is 38.2 Å². The standard InChI is InChI=1S/C32H39N3O5S/c1-21-6-9-28(26(16-21)27-20-41-30(33-27)35-15-12-25(18-35)29(36)38-5)39-19-22-7-8-23-10-13-34(14-11-24(23)17-22)31(37)40-32(2,3)4/h6-9,16-17,20,25H,10-15,18-19H2,1-5H3. The molecule has 3 aromatic rings. The molecule has 0 radical (unpaired) electrons. The third-order valence-corrected chi connectivity index (χ3v) is 8.42. The maximum absolute atomic E-state index is 12.6. The lowest BCUT2D eigenvalue weighted by molar-refractivity contribution is -0.144. The number of ether oxygens (including phenoxy) is 3. The van der Waals surface area contributed by atoms with Crippen molar-refractivity contribution >= 4 is 28.5 Å². The molecule has 1 aromatic heterocycles. The number of hydrogen-bond acceptors (Lipinski definition) is 8. The van der Waals surface area contributed by atoms with Crippen LogP contribution in [-0.4, -0.2) is 60.8 Å². The Morgan fingerprint density at radius 2 is 1.83 bits per heavy atom.